The number of sulfonamides is 1. The molecule has 5 N–H and O–H groups in total. The van der Waals surface area contributed by atoms with E-state index in [2.05, 4.69) is 4.72 Å². The van der Waals surface area contributed by atoms with Gasteiger partial charge in [-0.2, -0.15) is 0 Å². The molecule has 0 aliphatic heterocycles. The molecule has 2 rings (SSSR count). The number of nitrogen functional groups attached to an aromatic ring is 1. The molecule has 0 aliphatic rings. The Hall–Kier alpha value is -2.25. The van der Waals surface area contributed by atoms with Crippen molar-refractivity contribution in [3.8, 4) is 0 Å². The molecular formula is C13H12ClN3O3S. The van der Waals surface area contributed by atoms with Gasteiger partial charge in [-0.15, -0.1) is 0 Å². The third-order valence-corrected chi connectivity index (χ3v) is 4.39. The van der Waals surface area contributed by atoms with Crippen molar-refractivity contribution in [2.24, 2.45) is 5.73 Å². The van der Waals surface area contributed by atoms with E-state index in [1.54, 1.807) is 6.07 Å². The summed E-state index contributed by atoms with van der Waals surface area (Å²) in [6.07, 6.45) is 0. The van der Waals surface area contributed by atoms with Crippen LogP contribution in [0.4, 0.5) is 11.4 Å². The van der Waals surface area contributed by atoms with E-state index in [0.717, 1.165) is 0 Å². The molecule has 0 saturated carbocycles. The third kappa shape index (κ3) is 3.45. The Kier molecular flexibility index (Phi) is 4.06. The minimum Gasteiger partial charge on any atom is -0.399 e. The standard InChI is InChI=1S/C13H12ClN3O3S/c14-11-6-3-9(15)7-12(11)17-21(19,20)10-4-1-8(2-5-10)13(16)18/h1-7,17H,15H2,(H2,16,18). The van der Waals surface area contributed by atoms with Gasteiger partial charge in [0.1, 0.15) is 0 Å². The second kappa shape index (κ2) is 5.63. The molecule has 6 nitrogen and oxygen atoms in total. The first-order valence-electron chi connectivity index (χ1n) is 5.77. The van der Waals surface area contributed by atoms with Crippen LogP contribution in [0.15, 0.2) is 47.4 Å². The third-order valence-electron chi connectivity index (χ3n) is 2.68. The summed E-state index contributed by atoms with van der Waals surface area (Å²) in [4.78, 5) is 10.9. The zero-order chi connectivity index (χ0) is 15.6. The Balaban J connectivity index is 2.34. The molecule has 21 heavy (non-hydrogen) atoms. The van der Waals surface area contributed by atoms with Crippen LogP contribution < -0.4 is 16.2 Å². The van der Waals surface area contributed by atoms with Gasteiger partial charge in [0.25, 0.3) is 10.0 Å². The molecule has 0 bridgehead atoms. The number of primary amides is 1. The van der Waals surface area contributed by atoms with Crippen molar-refractivity contribution < 1.29 is 13.2 Å². The van der Waals surface area contributed by atoms with Gasteiger partial charge in [0.05, 0.1) is 15.6 Å². The first-order chi connectivity index (χ1) is 9.79. The summed E-state index contributed by atoms with van der Waals surface area (Å²) in [5.41, 5.74) is 11.5. The lowest BCUT2D eigenvalue weighted by Gasteiger charge is -2.10. The Bertz CT molecular complexity index is 789. The van der Waals surface area contributed by atoms with E-state index in [-0.39, 0.29) is 21.2 Å². The number of nitrogens with two attached hydrogens (primary N) is 2. The highest BCUT2D eigenvalue weighted by Gasteiger charge is 2.16. The summed E-state index contributed by atoms with van der Waals surface area (Å²) in [5.74, 6) is -0.634. The molecule has 0 heterocycles. The van der Waals surface area contributed by atoms with Gasteiger partial charge < -0.3 is 11.5 Å². The van der Waals surface area contributed by atoms with Crippen molar-refractivity contribution in [2.45, 2.75) is 4.90 Å². The van der Waals surface area contributed by atoms with Gasteiger partial charge in [0.15, 0.2) is 0 Å². The van der Waals surface area contributed by atoms with E-state index in [1.807, 2.05) is 0 Å². The minimum absolute atomic E-state index is 0.0222. The highest BCUT2D eigenvalue weighted by molar-refractivity contribution is 7.92. The normalized spacial score (nSPS) is 11.1. The molecule has 2 aromatic rings. The van der Waals surface area contributed by atoms with Crippen LogP contribution in [0.2, 0.25) is 5.02 Å². The molecule has 0 aliphatic carbocycles. The van der Waals surface area contributed by atoms with Crippen molar-refractivity contribution in [1.29, 1.82) is 0 Å². The predicted molar refractivity (Wildman–Crippen MR) is 81.6 cm³/mol. The molecular weight excluding hydrogens is 314 g/mol. The summed E-state index contributed by atoms with van der Waals surface area (Å²) < 4.78 is 26.8. The molecule has 0 radical (unpaired) electrons. The predicted octanol–water partition coefficient (Wildman–Crippen LogP) is 1.82. The second-order valence-electron chi connectivity index (χ2n) is 4.23. The minimum atomic E-state index is -3.84. The van der Waals surface area contributed by atoms with Crippen LogP contribution in [-0.4, -0.2) is 14.3 Å². The van der Waals surface area contributed by atoms with Crippen LogP contribution in [0.1, 0.15) is 10.4 Å². The summed E-state index contributed by atoms with van der Waals surface area (Å²) in [7, 11) is -3.84. The number of benzene rings is 2. The first-order valence-corrected chi connectivity index (χ1v) is 7.63. The van der Waals surface area contributed by atoms with E-state index in [1.165, 1.54) is 36.4 Å². The number of halogens is 1. The number of anilines is 2. The summed E-state index contributed by atoms with van der Waals surface area (Å²) in [5, 5.41) is 0.224. The fraction of sp³-hybridized carbons (Fsp3) is 0. The number of hydrogen-bond donors (Lipinski definition) is 3. The molecule has 0 aromatic heterocycles. The molecule has 1 amide bonds. The van der Waals surface area contributed by atoms with E-state index >= 15 is 0 Å². The number of nitrogens with one attached hydrogen (secondary N) is 1. The van der Waals surface area contributed by atoms with Gasteiger partial charge >= 0.3 is 0 Å². The summed E-state index contributed by atoms with van der Waals surface area (Å²) in [6.45, 7) is 0. The average Bonchev–Trinajstić information content (AvgIpc) is 2.43. The first kappa shape index (κ1) is 15.1. The van der Waals surface area contributed by atoms with E-state index < -0.39 is 15.9 Å². The highest BCUT2D eigenvalue weighted by Crippen LogP contribution is 2.26. The van der Waals surface area contributed by atoms with Gasteiger partial charge in [-0.05, 0) is 42.5 Å². The number of rotatable bonds is 4. The Morgan fingerprint density at radius 1 is 1.10 bits per heavy atom. The topological polar surface area (TPSA) is 115 Å². The van der Waals surface area contributed by atoms with Crippen molar-refractivity contribution >= 4 is 38.9 Å². The van der Waals surface area contributed by atoms with Crippen LogP contribution in [0.5, 0.6) is 0 Å². The van der Waals surface area contributed by atoms with E-state index in [4.69, 9.17) is 23.1 Å². The smallest absolute Gasteiger partial charge is 0.261 e. The maximum atomic E-state index is 12.2. The lowest BCUT2D eigenvalue weighted by molar-refractivity contribution is 0.1000. The van der Waals surface area contributed by atoms with Crippen LogP contribution in [0.25, 0.3) is 0 Å². The Labute approximate surface area is 126 Å². The number of carbonyl (C=O) groups excluding carboxylic acids is 1. The molecule has 0 saturated heterocycles. The van der Waals surface area contributed by atoms with Crippen molar-refractivity contribution in [1.82, 2.24) is 0 Å². The number of carbonyl (C=O) groups is 1. The van der Waals surface area contributed by atoms with Gasteiger partial charge in [-0.25, -0.2) is 8.42 Å². The van der Waals surface area contributed by atoms with Crippen LogP contribution in [-0.2, 0) is 10.0 Å². The molecule has 0 spiro atoms. The van der Waals surface area contributed by atoms with Crippen molar-refractivity contribution in [3.05, 3.63) is 53.1 Å². The molecule has 0 unspecified atom stereocenters. The van der Waals surface area contributed by atoms with Crippen molar-refractivity contribution in [2.75, 3.05) is 10.5 Å². The SMILES string of the molecule is NC(=O)c1ccc(S(=O)(=O)Nc2cc(N)ccc2Cl)cc1. The highest BCUT2D eigenvalue weighted by atomic mass is 35.5. The van der Waals surface area contributed by atoms with Crippen molar-refractivity contribution in [3.63, 3.8) is 0 Å². The van der Waals surface area contributed by atoms with Crippen LogP contribution in [0, 0.1) is 0 Å². The molecule has 8 heteroatoms. The maximum Gasteiger partial charge on any atom is 0.261 e. The summed E-state index contributed by atoms with van der Waals surface area (Å²) in [6, 6.07) is 9.69. The quantitative estimate of drug-likeness (QED) is 0.743. The number of hydrogen-bond acceptors (Lipinski definition) is 4. The Morgan fingerprint density at radius 3 is 2.29 bits per heavy atom. The maximum absolute atomic E-state index is 12.2. The second-order valence-corrected chi connectivity index (χ2v) is 6.32. The summed E-state index contributed by atoms with van der Waals surface area (Å²) >= 11 is 5.91. The van der Waals surface area contributed by atoms with Gasteiger partial charge in [0.2, 0.25) is 5.91 Å². The molecule has 0 atom stereocenters. The van der Waals surface area contributed by atoms with E-state index in [0.29, 0.717) is 5.69 Å². The van der Waals surface area contributed by atoms with Gasteiger partial charge in [-0.1, -0.05) is 11.6 Å². The monoisotopic (exact) mass is 325 g/mol. The number of amides is 1. The molecule has 0 fully saturated rings. The lowest BCUT2D eigenvalue weighted by atomic mass is 10.2. The molecule has 2 aromatic carbocycles. The van der Waals surface area contributed by atoms with Gasteiger partial charge in [0, 0.05) is 11.3 Å². The lowest BCUT2D eigenvalue weighted by Crippen LogP contribution is -2.15. The van der Waals surface area contributed by atoms with Gasteiger partial charge in [-0.3, -0.25) is 9.52 Å². The molecule has 110 valence electrons. The zero-order valence-electron chi connectivity index (χ0n) is 10.7. The Morgan fingerprint density at radius 2 is 1.71 bits per heavy atom. The van der Waals surface area contributed by atoms with Crippen LogP contribution >= 0.6 is 11.6 Å². The zero-order valence-corrected chi connectivity index (χ0v) is 12.3. The fourth-order valence-corrected chi connectivity index (χ4v) is 2.91. The fourth-order valence-electron chi connectivity index (χ4n) is 1.62. The van der Waals surface area contributed by atoms with E-state index in [9.17, 15) is 13.2 Å². The average molecular weight is 326 g/mol. The largest absolute Gasteiger partial charge is 0.399 e. The van der Waals surface area contributed by atoms with Crippen LogP contribution in [0.3, 0.4) is 0 Å².